The number of piperidine rings is 2. The van der Waals surface area contributed by atoms with Crippen LogP contribution in [-0.4, -0.2) is 126 Å². The van der Waals surface area contributed by atoms with Crippen LogP contribution in [0.5, 0.6) is 0 Å². The number of ketones is 1. The zero-order valence-electron chi connectivity index (χ0n) is 35.2. The van der Waals surface area contributed by atoms with Gasteiger partial charge in [0.05, 0.1) is 55.4 Å². The van der Waals surface area contributed by atoms with Crippen LogP contribution < -0.4 is 27.4 Å². The van der Waals surface area contributed by atoms with Gasteiger partial charge >= 0.3 is 5.97 Å². The number of hydrogen-bond donors (Lipinski definition) is 9. The largest absolute Gasteiger partial charge is 0.456 e. The molecule has 19 unspecified atom stereocenters. The monoisotopic (exact) mass is 818 g/mol. The Balaban J connectivity index is 1.38. The molecule has 0 amide bonds. The lowest BCUT2D eigenvalue weighted by molar-refractivity contribution is -0.309. The SMILES string of the molecule is CC=C(CNCC)C(=O)OC1CC2C(O)C3C(=O)CC(CO)OC3C3C2OC1(C)C(CC1CCC(N)NC1)CCC1C(N)NCCC1C3C(CO)C1CCCC(O)C1. The predicted octanol–water partition coefficient (Wildman–Crippen LogP) is 1.31. The van der Waals surface area contributed by atoms with E-state index in [1.807, 2.05) is 13.8 Å². The van der Waals surface area contributed by atoms with Crippen molar-refractivity contribution in [1.29, 1.82) is 0 Å². The van der Waals surface area contributed by atoms with Gasteiger partial charge in [0.25, 0.3) is 0 Å². The number of esters is 1. The van der Waals surface area contributed by atoms with E-state index in [1.54, 1.807) is 6.08 Å². The van der Waals surface area contributed by atoms with E-state index in [2.05, 4.69) is 22.9 Å². The lowest BCUT2D eigenvalue weighted by Gasteiger charge is -2.63. The van der Waals surface area contributed by atoms with E-state index in [1.165, 1.54) is 0 Å². The van der Waals surface area contributed by atoms with Crippen LogP contribution in [0.2, 0.25) is 0 Å². The minimum Gasteiger partial charge on any atom is -0.456 e. The molecule has 11 N–H and O–H groups in total. The summed E-state index contributed by atoms with van der Waals surface area (Å²) >= 11 is 0. The fraction of sp³-hybridized carbons (Fsp3) is 0.909. The Morgan fingerprint density at radius 3 is 2.53 bits per heavy atom. The van der Waals surface area contributed by atoms with Gasteiger partial charge in [-0.15, -0.1) is 0 Å². The van der Waals surface area contributed by atoms with Crippen molar-refractivity contribution in [3.8, 4) is 0 Å². The zero-order valence-corrected chi connectivity index (χ0v) is 35.2. The average molecular weight is 818 g/mol. The number of carbonyl (C=O) groups excluding carboxylic acids is 2. The second kappa shape index (κ2) is 19.2. The van der Waals surface area contributed by atoms with Crippen molar-refractivity contribution < 1.29 is 44.2 Å². The molecule has 7 aliphatic rings. The normalized spacial score (nSPS) is 46.7. The molecule has 0 aromatic rings. The standard InChI is InChI=1S/C44H75N5O9/c1-4-24(20-47-5-2)43(55)57-34-18-31-39(54)37-33(53)17-28(21-50)56-41(37)38-36(32(22-51)25-7-6-8-27(52)16-25)29-13-14-48-42(46)30(29)11-10-26(44(34,3)58-40(31)38)15-23-9-12-35(45)49-19-23/h4,23,25-32,34-42,47-52,54H,5-22,45-46H2,1-3H3. The van der Waals surface area contributed by atoms with Crippen molar-refractivity contribution in [3.05, 3.63) is 11.6 Å². The summed E-state index contributed by atoms with van der Waals surface area (Å²) in [6, 6.07) is 0. The fourth-order valence-corrected chi connectivity index (χ4v) is 13.2. The van der Waals surface area contributed by atoms with Crippen molar-refractivity contribution in [1.82, 2.24) is 16.0 Å². The Hall–Kier alpha value is -1.56. The number of ether oxygens (including phenoxy) is 3. The van der Waals surface area contributed by atoms with Crippen LogP contribution in [0.4, 0.5) is 0 Å². The molecule has 7 fully saturated rings. The number of nitrogens with one attached hydrogen (secondary N) is 3. The van der Waals surface area contributed by atoms with Gasteiger partial charge in [-0.2, -0.15) is 0 Å². The molecule has 14 nitrogen and oxygen atoms in total. The smallest absolute Gasteiger partial charge is 0.335 e. The zero-order chi connectivity index (χ0) is 41.3. The number of likely N-dealkylation sites (N-methyl/N-ethyl adjacent to an activating group) is 1. The first kappa shape index (κ1) is 44.5. The molecule has 5 heterocycles. The van der Waals surface area contributed by atoms with E-state index in [9.17, 15) is 30.0 Å². The van der Waals surface area contributed by atoms with Crippen LogP contribution in [0.3, 0.4) is 0 Å². The second-order valence-corrected chi connectivity index (χ2v) is 19.4. The van der Waals surface area contributed by atoms with Gasteiger partial charge in [0.15, 0.2) is 0 Å². The highest BCUT2D eigenvalue weighted by Gasteiger charge is 2.66. The van der Waals surface area contributed by atoms with Crippen LogP contribution >= 0.6 is 0 Å². The number of carbonyl (C=O) groups is 2. The van der Waals surface area contributed by atoms with E-state index in [-0.39, 0.29) is 73.3 Å². The molecule has 0 radical (unpaired) electrons. The third kappa shape index (κ3) is 8.86. The molecule has 0 aromatic carbocycles. The number of nitrogens with two attached hydrogens (primary N) is 2. The van der Waals surface area contributed by atoms with Gasteiger partial charge in [-0.3, -0.25) is 4.79 Å². The van der Waals surface area contributed by atoms with Crippen LogP contribution in [0.15, 0.2) is 11.6 Å². The number of fused-ring (bicyclic) bond motifs is 4. The molecule has 2 aliphatic carbocycles. The Kier molecular flexibility index (Phi) is 14.8. The third-order valence-corrected chi connectivity index (χ3v) is 16.3. The lowest BCUT2D eigenvalue weighted by Crippen LogP contribution is -2.71. The summed E-state index contributed by atoms with van der Waals surface area (Å²) in [6.07, 6.45) is 5.37. The number of aliphatic hydroxyl groups is 4. The number of aliphatic hydroxyl groups excluding tert-OH is 4. The number of hydrogen-bond acceptors (Lipinski definition) is 14. The van der Waals surface area contributed by atoms with Gasteiger partial charge in [0, 0.05) is 37.0 Å². The molecular weight excluding hydrogens is 743 g/mol. The summed E-state index contributed by atoms with van der Waals surface area (Å²) in [7, 11) is 0. The maximum atomic E-state index is 14.3. The molecule has 58 heavy (non-hydrogen) atoms. The molecule has 330 valence electrons. The van der Waals surface area contributed by atoms with Crippen molar-refractivity contribution in [2.75, 3.05) is 39.4 Å². The maximum absolute atomic E-state index is 14.3. The van der Waals surface area contributed by atoms with Crippen LogP contribution in [-0.2, 0) is 23.8 Å². The molecule has 5 aliphatic heterocycles. The number of Topliss-reactive ketones (excluding diaryl/α,β-unsaturated/α-hetero) is 1. The van der Waals surface area contributed by atoms with Gasteiger partial charge in [-0.1, -0.05) is 19.4 Å². The maximum Gasteiger partial charge on any atom is 0.335 e. The van der Waals surface area contributed by atoms with E-state index < -0.39 is 65.9 Å². The van der Waals surface area contributed by atoms with Crippen molar-refractivity contribution in [3.63, 3.8) is 0 Å². The minimum atomic E-state index is -1.13. The number of rotatable bonds is 11. The second-order valence-electron chi connectivity index (χ2n) is 19.4. The van der Waals surface area contributed by atoms with Crippen molar-refractivity contribution >= 4 is 11.8 Å². The van der Waals surface area contributed by atoms with Gasteiger partial charge < -0.3 is 62.1 Å². The summed E-state index contributed by atoms with van der Waals surface area (Å²) in [5, 5.41) is 55.9. The molecule has 7 rings (SSSR count). The highest BCUT2D eigenvalue weighted by molar-refractivity contribution is 5.89. The Morgan fingerprint density at radius 2 is 1.84 bits per heavy atom. The Bertz CT molecular complexity index is 1430. The molecule has 0 aromatic heterocycles. The average Bonchev–Trinajstić information content (AvgIpc) is 3.20. The Labute approximate surface area is 345 Å². The van der Waals surface area contributed by atoms with Crippen molar-refractivity contribution in [2.24, 2.45) is 70.6 Å². The summed E-state index contributed by atoms with van der Waals surface area (Å²) in [5.41, 5.74) is 12.9. The molecule has 2 bridgehead atoms. The van der Waals surface area contributed by atoms with Gasteiger partial charge in [0.2, 0.25) is 0 Å². The van der Waals surface area contributed by atoms with E-state index >= 15 is 0 Å². The first-order valence-corrected chi connectivity index (χ1v) is 22.9. The highest BCUT2D eigenvalue weighted by Crippen LogP contribution is 2.59. The van der Waals surface area contributed by atoms with Crippen LogP contribution in [0, 0.1) is 59.2 Å². The number of allylic oxidation sites excluding steroid dienone is 1. The fourth-order valence-electron chi connectivity index (χ4n) is 13.2. The van der Waals surface area contributed by atoms with Gasteiger partial charge in [-0.25, -0.2) is 4.79 Å². The highest BCUT2D eigenvalue weighted by atomic mass is 16.6. The van der Waals surface area contributed by atoms with Gasteiger partial charge in [-0.05, 0) is 139 Å². The predicted molar refractivity (Wildman–Crippen MR) is 218 cm³/mol. The first-order valence-electron chi connectivity index (χ1n) is 22.9. The minimum absolute atomic E-state index is 0.00415. The summed E-state index contributed by atoms with van der Waals surface area (Å²) in [6.45, 7) is 8.03. The molecule has 14 heteroatoms. The summed E-state index contributed by atoms with van der Waals surface area (Å²) in [5.74, 6) is -2.60. The van der Waals surface area contributed by atoms with Crippen LogP contribution in [0.25, 0.3) is 0 Å². The molecule has 19 atom stereocenters. The van der Waals surface area contributed by atoms with Crippen LogP contribution in [0.1, 0.15) is 97.8 Å². The molecule has 2 saturated carbocycles. The van der Waals surface area contributed by atoms with E-state index in [0.717, 1.165) is 64.3 Å². The Morgan fingerprint density at radius 1 is 1.03 bits per heavy atom. The quantitative estimate of drug-likeness (QED) is 0.106. The summed E-state index contributed by atoms with van der Waals surface area (Å²) in [4.78, 5) is 28.4. The van der Waals surface area contributed by atoms with E-state index in [0.29, 0.717) is 44.0 Å². The lowest BCUT2D eigenvalue weighted by atomic mass is 9.51. The van der Waals surface area contributed by atoms with Crippen molar-refractivity contribution in [2.45, 2.75) is 152 Å². The van der Waals surface area contributed by atoms with Gasteiger partial charge in [0.1, 0.15) is 17.5 Å². The topological polar surface area (TPSA) is 231 Å². The first-order chi connectivity index (χ1) is 27.9. The molecular formula is C44H75N5O9. The van der Waals surface area contributed by atoms with E-state index in [4.69, 9.17) is 25.7 Å². The molecule has 5 saturated heterocycles. The molecule has 0 spiro atoms. The third-order valence-electron chi connectivity index (χ3n) is 16.3. The summed E-state index contributed by atoms with van der Waals surface area (Å²) < 4.78 is 21.2.